The highest BCUT2D eigenvalue weighted by Crippen LogP contribution is 2.65. The molecule has 8 unspecified atom stereocenters. The number of nitrogens with one attached hydrogen (secondary N) is 3. The number of urea groups is 1. The zero-order valence-corrected chi connectivity index (χ0v) is 27.8. The molecule has 6 rings (SSSR count). The average molecular weight is 667 g/mol. The maximum atomic E-state index is 14.5. The van der Waals surface area contributed by atoms with E-state index in [4.69, 9.17) is 28.9 Å². The number of nitrogens with zero attached hydrogens (tertiary/aromatic N) is 1. The second-order valence-corrected chi connectivity index (χ2v) is 16.6. The Kier molecular flexibility index (Phi) is 9.38. The quantitative estimate of drug-likeness (QED) is 0.195. The maximum absolute atomic E-state index is 14.5. The van der Waals surface area contributed by atoms with Crippen molar-refractivity contribution in [1.29, 1.82) is 0 Å². The summed E-state index contributed by atoms with van der Waals surface area (Å²) < 4.78 is -1.17. The van der Waals surface area contributed by atoms with E-state index in [1.54, 1.807) is 0 Å². The van der Waals surface area contributed by atoms with Crippen LogP contribution in [0.5, 0.6) is 0 Å². The highest BCUT2D eigenvalue weighted by Gasteiger charge is 2.74. The summed E-state index contributed by atoms with van der Waals surface area (Å²) in [4.78, 5) is 68.0. The molecule has 45 heavy (non-hydrogen) atoms. The van der Waals surface area contributed by atoms with E-state index in [1.807, 2.05) is 0 Å². The lowest BCUT2D eigenvalue weighted by Crippen LogP contribution is -2.63. The van der Waals surface area contributed by atoms with Crippen LogP contribution in [0.1, 0.15) is 103 Å². The smallest absolute Gasteiger partial charge is 0.315 e. The van der Waals surface area contributed by atoms with Crippen molar-refractivity contribution < 1.29 is 24.0 Å². The van der Waals surface area contributed by atoms with E-state index in [2.05, 4.69) is 22.9 Å². The molecule has 0 aromatic heterocycles. The van der Waals surface area contributed by atoms with E-state index in [-0.39, 0.29) is 41.8 Å². The molecule has 1 heterocycles. The molecule has 5 saturated carbocycles. The molecule has 250 valence electrons. The number of ketones is 1. The number of hydrogen-bond acceptors (Lipinski definition) is 5. The Morgan fingerprint density at radius 3 is 2.33 bits per heavy atom. The lowest BCUT2D eigenvalue weighted by Gasteiger charge is -2.49. The number of Topliss-reactive ketones (excluding diaryl/α,β-unsaturated/α-hetero) is 1. The van der Waals surface area contributed by atoms with Gasteiger partial charge in [-0.1, -0.05) is 58.3 Å². The van der Waals surface area contributed by atoms with Crippen molar-refractivity contribution >= 4 is 52.7 Å². The molecule has 0 aromatic rings. The highest BCUT2D eigenvalue weighted by atomic mass is 35.5. The first-order valence-corrected chi connectivity index (χ1v) is 18.1. The minimum absolute atomic E-state index is 0.0557. The highest BCUT2D eigenvalue weighted by molar-refractivity contribution is 6.51. The van der Waals surface area contributed by atoms with Crippen LogP contribution in [0.4, 0.5) is 4.79 Å². The average Bonchev–Trinajstić information content (AvgIpc) is 3.86. The number of halogens is 2. The fourth-order valence-corrected chi connectivity index (χ4v) is 10.2. The van der Waals surface area contributed by atoms with Crippen LogP contribution in [0.15, 0.2) is 0 Å². The number of piperidine rings is 1. The number of nitrogens with two attached hydrogens (primary N) is 1. The van der Waals surface area contributed by atoms with Crippen LogP contribution < -0.4 is 21.7 Å². The summed E-state index contributed by atoms with van der Waals surface area (Å²) >= 11 is 13.2. The van der Waals surface area contributed by atoms with Crippen LogP contribution in [0.3, 0.4) is 0 Å². The summed E-state index contributed by atoms with van der Waals surface area (Å²) in [5.74, 6) is -2.25. The van der Waals surface area contributed by atoms with Crippen molar-refractivity contribution in [2.45, 2.75) is 131 Å². The topological polar surface area (TPSA) is 151 Å². The van der Waals surface area contributed by atoms with E-state index in [9.17, 15) is 24.0 Å². The number of amides is 5. The van der Waals surface area contributed by atoms with Crippen LogP contribution in [-0.4, -0.2) is 69.0 Å². The third kappa shape index (κ3) is 6.83. The summed E-state index contributed by atoms with van der Waals surface area (Å²) in [6.45, 7) is 2.40. The predicted molar refractivity (Wildman–Crippen MR) is 170 cm³/mol. The molecule has 1 saturated heterocycles. The van der Waals surface area contributed by atoms with Gasteiger partial charge in [-0.05, 0) is 68.6 Å². The molecule has 5 N–H and O–H groups in total. The number of likely N-dealkylation sites (tertiary alicyclic amines) is 1. The number of primary amides is 1. The van der Waals surface area contributed by atoms with Gasteiger partial charge in [-0.25, -0.2) is 4.79 Å². The monoisotopic (exact) mass is 665 g/mol. The summed E-state index contributed by atoms with van der Waals surface area (Å²) in [7, 11) is 0. The molecule has 8 atom stereocenters. The van der Waals surface area contributed by atoms with Crippen molar-refractivity contribution in [2.75, 3.05) is 6.54 Å². The molecule has 12 heteroatoms. The molecule has 10 nitrogen and oxygen atoms in total. The van der Waals surface area contributed by atoms with Crippen LogP contribution >= 0.6 is 23.2 Å². The van der Waals surface area contributed by atoms with E-state index in [1.165, 1.54) is 17.7 Å². The molecular formula is C33H49Cl2N5O5. The summed E-state index contributed by atoms with van der Waals surface area (Å²) in [6.07, 6.45) is 14.3. The van der Waals surface area contributed by atoms with Gasteiger partial charge in [0.1, 0.15) is 16.4 Å². The number of carbonyl (C=O) groups is 5. The van der Waals surface area contributed by atoms with E-state index in [0.29, 0.717) is 18.3 Å². The van der Waals surface area contributed by atoms with Gasteiger partial charge in [-0.2, -0.15) is 0 Å². The number of carbonyl (C=O) groups excluding carboxylic acids is 5. The van der Waals surface area contributed by atoms with Crippen molar-refractivity contribution in [1.82, 2.24) is 20.9 Å². The first-order chi connectivity index (χ1) is 21.4. The Hall–Kier alpha value is -2.07. The Morgan fingerprint density at radius 1 is 0.933 bits per heavy atom. The molecule has 5 aliphatic carbocycles. The van der Waals surface area contributed by atoms with Crippen molar-refractivity contribution in [3.05, 3.63) is 0 Å². The van der Waals surface area contributed by atoms with Gasteiger partial charge in [0.25, 0.3) is 5.91 Å². The molecule has 6 fully saturated rings. The molecule has 2 bridgehead atoms. The van der Waals surface area contributed by atoms with Gasteiger partial charge in [0, 0.05) is 23.9 Å². The van der Waals surface area contributed by atoms with E-state index < -0.39 is 46.0 Å². The molecule has 0 radical (unpaired) electrons. The van der Waals surface area contributed by atoms with Gasteiger partial charge in [-0.3, -0.25) is 19.2 Å². The SMILES string of the molecule is CCC1CC2CCCC(NC(=O)NC(C(=O)N3CC4C(C3C(=O)NC(CC3CC3)C(=O)C(N)=O)C4(Cl)Cl)C3CCCCC3)(C1)C2. The second kappa shape index (κ2) is 12.9. The summed E-state index contributed by atoms with van der Waals surface area (Å²) in [5.41, 5.74) is 5.06. The fourth-order valence-electron chi connectivity index (χ4n) is 9.38. The van der Waals surface area contributed by atoms with Gasteiger partial charge in [-0.15, -0.1) is 23.2 Å². The van der Waals surface area contributed by atoms with Crippen LogP contribution in [0, 0.1) is 35.5 Å². The lowest BCUT2D eigenvalue weighted by atomic mass is 9.63. The van der Waals surface area contributed by atoms with Gasteiger partial charge >= 0.3 is 6.03 Å². The molecule has 6 aliphatic rings. The first kappa shape index (κ1) is 32.9. The van der Waals surface area contributed by atoms with Crippen LogP contribution in [0.25, 0.3) is 0 Å². The number of hydrogen-bond donors (Lipinski definition) is 4. The third-order valence-electron chi connectivity index (χ3n) is 11.9. The molecule has 1 aliphatic heterocycles. The molecule has 0 aromatic carbocycles. The summed E-state index contributed by atoms with van der Waals surface area (Å²) in [6, 6.07) is -3.19. The zero-order valence-electron chi connectivity index (χ0n) is 26.3. The third-order valence-corrected chi connectivity index (χ3v) is 13.0. The largest absolute Gasteiger partial charge is 0.363 e. The van der Waals surface area contributed by atoms with Crippen molar-refractivity contribution in [3.8, 4) is 0 Å². The fraction of sp³-hybridized carbons (Fsp3) is 0.848. The minimum atomic E-state index is -1.17. The predicted octanol–water partition coefficient (Wildman–Crippen LogP) is 3.95. The summed E-state index contributed by atoms with van der Waals surface area (Å²) in [5, 5.41) is 9.20. The van der Waals surface area contributed by atoms with Gasteiger partial charge in [0.15, 0.2) is 0 Å². The number of fused-ring (bicyclic) bond motifs is 3. The maximum Gasteiger partial charge on any atom is 0.315 e. The normalized spacial score (nSPS) is 35.0. The standard InChI is InChI=1S/C33H49Cl2N5O5/c1-2-18-13-20-7-6-12-32(15-18,16-20)39-31(45)38-25(21-8-4-3-5-9-21)30(44)40-17-22-24(33(22,34)35)26(40)29(43)37-23(14-19-10-11-19)27(41)28(36)42/h18-26H,2-17H2,1H3,(H2,36,42)(H,37,43)(H2,38,39,45). The molecular weight excluding hydrogens is 617 g/mol. The van der Waals surface area contributed by atoms with Crippen molar-refractivity contribution in [3.63, 3.8) is 0 Å². The van der Waals surface area contributed by atoms with Crippen LogP contribution in [0.2, 0.25) is 0 Å². The van der Waals surface area contributed by atoms with E-state index in [0.717, 1.165) is 77.0 Å². The second-order valence-electron chi connectivity index (χ2n) is 15.1. The minimum Gasteiger partial charge on any atom is -0.363 e. The molecule has 5 amide bonds. The number of alkyl halides is 2. The lowest BCUT2D eigenvalue weighted by molar-refractivity contribution is -0.144. The van der Waals surface area contributed by atoms with Gasteiger partial charge < -0.3 is 26.6 Å². The van der Waals surface area contributed by atoms with Gasteiger partial charge in [0.05, 0.1) is 6.04 Å². The Balaban J connectivity index is 1.20. The zero-order chi connectivity index (χ0) is 32.1. The molecule has 0 spiro atoms. The number of rotatable bonds is 11. The Labute approximate surface area is 276 Å². The Morgan fingerprint density at radius 2 is 1.67 bits per heavy atom. The Bertz CT molecular complexity index is 1210. The van der Waals surface area contributed by atoms with E-state index >= 15 is 0 Å². The van der Waals surface area contributed by atoms with Gasteiger partial charge in [0.2, 0.25) is 17.6 Å². The first-order valence-electron chi connectivity index (χ1n) is 17.3. The van der Waals surface area contributed by atoms with Crippen LogP contribution in [-0.2, 0) is 19.2 Å². The van der Waals surface area contributed by atoms with Crippen molar-refractivity contribution in [2.24, 2.45) is 41.2 Å².